The molecule has 0 aromatic heterocycles. The second kappa shape index (κ2) is 7.07. The van der Waals surface area contributed by atoms with Crippen LogP contribution in [0.15, 0.2) is 23.1 Å². The van der Waals surface area contributed by atoms with Crippen molar-refractivity contribution < 1.29 is 19.6 Å². The summed E-state index contributed by atoms with van der Waals surface area (Å²) in [4.78, 5) is 34.3. The number of nitrogens with zero attached hydrogens (tertiary/aromatic N) is 1. The molecule has 0 saturated carbocycles. The lowest BCUT2D eigenvalue weighted by Gasteiger charge is -2.18. The van der Waals surface area contributed by atoms with Crippen LogP contribution in [0.5, 0.6) is 0 Å². The van der Waals surface area contributed by atoms with E-state index in [4.69, 9.17) is 5.11 Å². The highest BCUT2D eigenvalue weighted by molar-refractivity contribution is 7.98. The maximum atomic E-state index is 12.2. The van der Waals surface area contributed by atoms with Crippen LogP contribution < -0.4 is 5.32 Å². The van der Waals surface area contributed by atoms with Crippen LogP contribution in [0.2, 0.25) is 0 Å². The highest BCUT2D eigenvalue weighted by Crippen LogP contribution is 2.25. The smallest absolute Gasteiger partial charge is 0.326 e. The lowest BCUT2D eigenvalue weighted by molar-refractivity contribution is -0.385. The van der Waals surface area contributed by atoms with Gasteiger partial charge in [0.15, 0.2) is 0 Å². The number of aliphatic carboxylic acids is 1. The summed E-state index contributed by atoms with van der Waals surface area (Å²) >= 11 is 1.33. The number of hydrogen-bond acceptors (Lipinski definition) is 5. The molecule has 0 saturated heterocycles. The molecule has 8 heteroatoms. The zero-order chi connectivity index (χ0) is 16.2. The van der Waals surface area contributed by atoms with Gasteiger partial charge in [0.2, 0.25) is 0 Å². The molecule has 1 rings (SSSR count). The van der Waals surface area contributed by atoms with E-state index < -0.39 is 22.8 Å². The van der Waals surface area contributed by atoms with Crippen molar-refractivity contribution in [1.29, 1.82) is 0 Å². The Morgan fingerprint density at radius 1 is 1.38 bits per heavy atom. The van der Waals surface area contributed by atoms with Gasteiger partial charge in [-0.1, -0.05) is 13.8 Å². The predicted molar refractivity (Wildman–Crippen MR) is 78.6 cm³/mol. The van der Waals surface area contributed by atoms with Gasteiger partial charge in [-0.2, -0.15) is 0 Å². The maximum Gasteiger partial charge on any atom is 0.326 e. The van der Waals surface area contributed by atoms with Crippen molar-refractivity contribution in [3.63, 3.8) is 0 Å². The molecule has 0 aliphatic carbocycles. The molecule has 0 heterocycles. The third-order valence-electron chi connectivity index (χ3n) is 2.86. The number of thioether (sulfide) groups is 1. The van der Waals surface area contributed by atoms with Crippen molar-refractivity contribution in [2.45, 2.75) is 24.8 Å². The highest BCUT2D eigenvalue weighted by Gasteiger charge is 2.27. The van der Waals surface area contributed by atoms with Crippen LogP contribution >= 0.6 is 11.8 Å². The Morgan fingerprint density at radius 2 is 2.00 bits per heavy atom. The summed E-state index contributed by atoms with van der Waals surface area (Å²) in [6, 6.07) is 3.06. The second-order valence-corrected chi connectivity index (χ2v) is 5.55. The number of carboxylic acids is 1. The molecule has 1 aromatic carbocycles. The fourth-order valence-electron chi connectivity index (χ4n) is 1.72. The summed E-state index contributed by atoms with van der Waals surface area (Å²) in [5, 5.41) is 22.4. The Balaban J connectivity index is 3.16. The van der Waals surface area contributed by atoms with Gasteiger partial charge in [-0.05, 0) is 24.3 Å². The third-order valence-corrected chi connectivity index (χ3v) is 3.59. The number of nitro benzene ring substituents is 1. The number of amides is 1. The van der Waals surface area contributed by atoms with Crippen LogP contribution in [-0.2, 0) is 4.79 Å². The lowest BCUT2D eigenvalue weighted by Crippen LogP contribution is -2.44. The third kappa shape index (κ3) is 4.19. The first-order chi connectivity index (χ1) is 9.77. The summed E-state index contributed by atoms with van der Waals surface area (Å²) in [6.07, 6.45) is 1.77. The number of carboxylic acid groups (broad SMARTS) is 1. The van der Waals surface area contributed by atoms with Crippen LogP contribution in [0, 0.1) is 16.0 Å². The van der Waals surface area contributed by atoms with Gasteiger partial charge in [0, 0.05) is 11.0 Å². The molecule has 114 valence electrons. The zero-order valence-corrected chi connectivity index (χ0v) is 12.6. The van der Waals surface area contributed by atoms with E-state index in [-0.39, 0.29) is 17.2 Å². The molecule has 0 aliphatic rings. The van der Waals surface area contributed by atoms with Crippen molar-refractivity contribution >= 4 is 29.3 Å². The number of hydrogen-bond donors (Lipinski definition) is 2. The Hall–Kier alpha value is -2.09. The average molecular weight is 312 g/mol. The number of benzene rings is 1. The minimum Gasteiger partial charge on any atom is -0.480 e. The molecule has 0 radical (unpaired) electrons. The minimum atomic E-state index is -1.18. The van der Waals surface area contributed by atoms with Crippen molar-refractivity contribution in [2.75, 3.05) is 6.26 Å². The molecule has 0 spiro atoms. The molecule has 0 aliphatic heterocycles. The maximum absolute atomic E-state index is 12.2. The molecule has 0 bridgehead atoms. The van der Waals surface area contributed by atoms with Gasteiger partial charge in [-0.3, -0.25) is 14.9 Å². The van der Waals surface area contributed by atoms with Crippen molar-refractivity contribution in [1.82, 2.24) is 5.32 Å². The Morgan fingerprint density at radius 3 is 2.43 bits per heavy atom. The van der Waals surface area contributed by atoms with Gasteiger partial charge in [0.05, 0.1) is 4.92 Å². The van der Waals surface area contributed by atoms with Gasteiger partial charge in [-0.15, -0.1) is 11.8 Å². The largest absolute Gasteiger partial charge is 0.480 e. The zero-order valence-electron chi connectivity index (χ0n) is 11.8. The molecule has 0 unspecified atom stereocenters. The van der Waals surface area contributed by atoms with Gasteiger partial charge < -0.3 is 10.4 Å². The Bertz CT molecular complexity index is 574. The Labute approximate surface area is 125 Å². The molecular formula is C13H16N2O5S. The summed E-state index contributed by atoms with van der Waals surface area (Å²) < 4.78 is 0. The molecule has 21 heavy (non-hydrogen) atoms. The van der Waals surface area contributed by atoms with Gasteiger partial charge >= 0.3 is 5.97 Å². The summed E-state index contributed by atoms with van der Waals surface area (Å²) in [5.41, 5.74) is -0.489. The molecule has 2 N–H and O–H groups in total. The van der Waals surface area contributed by atoms with Crippen molar-refractivity contribution in [2.24, 2.45) is 5.92 Å². The van der Waals surface area contributed by atoms with Crippen LogP contribution in [0.4, 0.5) is 5.69 Å². The first-order valence-corrected chi connectivity index (χ1v) is 7.36. The van der Waals surface area contributed by atoms with E-state index in [0.29, 0.717) is 4.90 Å². The number of nitro groups is 1. The van der Waals surface area contributed by atoms with E-state index in [1.807, 2.05) is 0 Å². The van der Waals surface area contributed by atoms with E-state index in [0.717, 1.165) is 0 Å². The summed E-state index contributed by atoms with van der Waals surface area (Å²) in [5.74, 6) is -2.28. The normalized spacial score (nSPS) is 12.0. The molecule has 1 atom stereocenters. The van der Waals surface area contributed by atoms with E-state index in [1.165, 1.54) is 30.0 Å². The SMILES string of the molecule is CSc1ccc([N+](=O)[O-])c(C(=O)N[C@H](C(=O)O)C(C)C)c1. The first-order valence-electron chi connectivity index (χ1n) is 6.14. The topological polar surface area (TPSA) is 110 Å². The average Bonchev–Trinajstić information content (AvgIpc) is 2.42. The first kappa shape index (κ1) is 17.0. The van der Waals surface area contributed by atoms with Crippen molar-refractivity contribution in [3.8, 4) is 0 Å². The van der Waals surface area contributed by atoms with Crippen LogP contribution in [0.1, 0.15) is 24.2 Å². The number of carbonyl (C=O) groups excluding carboxylic acids is 1. The van der Waals surface area contributed by atoms with Crippen LogP contribution in [0.25, 0.3) is 0 Å². The van der Waals surface area contributed by atoms with E-state index in [2.05, 4.69) is 5.32 Å². The monoisotopic (exact) mass is 312 g/mol. The van der Waals surface area contributed by atoms with Gasteiger partial charge in [0.1, 0.15) is 11.6 Å². The van der Waals surface area contributed by atoms with E-state index in [9.17, 15) is 19.7 Å². The molecule has 1 aromatic rings. The predicted octanol–water partition coefficient (Wildman–Crippen LogP) is 2.16. The summed E-state index contributed by atoms with van der Waals surface area (Å²) in [6.45, 7) is 3.29. The number of rotatable bonds is 6. The molecule has 1 amide bonds. The fourth-order valence-corrected chi connectivity index (χ4v) is 2.16. The fraction of sp³-hybridized carbons (Fsp3) is 0.385. The van der Waals surface area contributed by atoms with Gasteiger partial charge in [0.25, 0.3) is 11.6 Å². The second-order valence-electron chi connectivity index (χ2n) is 4.67. The standard InChI is InChI=1S/C13H16N2O5S/c1-7(2)11(13(17)18)14-12(16)9-6-8(21-3)4-5-10(9)15(19)20/h4-7,11H,1-3H3,(H,14,16)(H,17,18)/t11-/m0/s1. The van der Waals surface area contributed by atoms with Crippen molar-refractivity contribution in [3.05, 3.63) is 33.9 Å². The quantitative estimate of drug-likeness (QED) is 0.473. The van der Waals surface area contributed by atoms with E-state index in [1.54, 1.807) is 20.1 Å². The van der Waals surface area contributed by atoms with Gasteiger partial charge in [-0.25, -0.2) is 4.79 Å². The number of carbonyl (C=O) groups is 2. The molecule has 7 nitrogen and oxygen atoms in total. The lowest BCUT2D eigenvalue weighted by atomic mass is 10.0. The summed E-state index contributed by atoms with van der Waals surface area (Å²) in [7, 11) is 0. The van der Waals surface area contributed by atoms with Crippen LogP contribution in [0.3, 0.4) is 0 Å². The molecular weight excluding hydrogens is 296 g/mol. The highest BCUT2D eigenvalue weighted by atomic mass is 32.2. The minimum absolute atomic E-state index is 0.140. The number of nitrogens with one attached hydrogen (secondary N) is 1. The Kier molecular flexibility index (Phi) is 5.71. The van der Waals surface area contributed by atoms with Crippen LogP contribution in [-0.4, -0.2) is 34.2 Å². The van der Waals surface area contributed by atoms with E-state index >= 15 is 0 Å². The molecule has 0 fully saturated rings.